The second-order valence-corrected chi connectivity index (χ2v) is 6.85. The van der Waals surface area contributed by atoms with Gasteiger partial charge in [0.05, 0.1) is 6.61 Å². The summed E-state index contributed by atoms with van der Waals surface area (Å²) in [5.41, 5.74) is 2.66. The predicted molar refractivity (Wildman–Crippen MR) is 110 cm³/mol. The summed E-state index contributed by atoms with van der Waals surface area (Å²) < 4.78 is 24.6. The second kappa shape index (κ2) is 10.3. The largest absolute Gasteiger partial charge is 0.467 e. The molecule has 0 amide bonds. The summed E-state index contributed by atoms with van der Waals surface area (Å²) in [5.74, 6) is 1.18. The topological polar surface area (TPSA) is 54.9 Å². The van der Waals surface area contributed by atoms with Crippen molar-refractivity contribution in [1.82, 2.24) is 10.6 Å². The molecule has 0 radical (unpaired) electrons. The average Bonchev–Trinajstić information content (AvgIpc) is 2.69. The first-order valence-corrected chi connectivity index (χ1v) is 9.82. The van der Waals surface area contributed by atoms with Gasteiger partial charge in [-0.25, -0.2) is 4.39 Å². The van der Waals surface area contributed by atoms with Crippen LogP contribution in [0.15, 0.2) is 41.4 Å². The number of nitrogens with one attached hydrogen (secondary N) is 2. The van der Waals surface area contributed by atoms with Gasteiger partial charge in [-0.2, -0.15) is 0 Å². The van der Waals surface area contributed by atoms with E-state index >= 15 is 0 Å². The number of hydrogen-bond acceptors (Lipinski definition) is 3. The second-order valence-electron chi connectivity index (χ2n) is 6.44. The van der Waals surface area contributed by atoms with Gasteiger partial charge >= 0.3 is 0 Å². The highest BCUT2D eigenvalue weighted by molar-refractivity contribution is 6.31. The van der Waals surface area contributed by atoms with Crippen LogP contribution in [0.4, 0.5) is 4.39 Å². The molecular formula is C21H25ClFN3O2. The van der Waals surface area contributed by atoms with E-state index in [0.717, 1.165) is 46.4 Å². The number of hydrogen-bond donors (Lipinski definition) is 2. The number of rotatable bonds is 7. The average molecular weight is 406 g/mol. The van der Waals surface area contributed by atoms with Crippen LogP contribution in [-0.2, 0) is 24.2 Å². The van der Waals surface area contributed by atoms with Crippen molar-refractivity contribution in [1.29, 1.82) is 0 Å². The third kappa shape index (κ3) is 5.59. The van der Waals surface area contributed by atoms with E-state index in [0.29, 0.717) is 26.1 Å². The molecule has 2 aromatic rings. The Kier molecular flexibility index (Phi) is 7.51. The predicted octanol–water partition coefficient (Wildman–Crippen LogP) is 3.69. The summed E-state index contributed by atoms with van der Waals surface area (Å²) in [4.78, 5) is 4.60. The molecule has 28 heavy (non-hydrogen) atoms. The minimum Gasteiger partial charge on any atom is -0.467 e. The Bertz CT molecular complexity index is 829. The lowest BCUT2D eigenvalue weighted by atomic mass is 10.1. The molecule has 3 rings (SSSR count). The lowest BCUT2D eigenvalue weighted by Crippen LogP contribution is -2.38. The quantitative estimate of drug-likeness (QED) is 0.545. The van der Waals surface area contributed by atoms with Crippen molar-refractivity contribution in [2.45, 2.75) is 26.4 Å². The molecule has 1 heterocycles. The summed E-state index contributed by atoms with van der Waals surface area (Å²) in [6, 6.07) is 10.8. The Morgan fingerprint density at radius 2 is 2.04 bits per heavy atom. The number of nitrogens with zero attached hydrogens (tertiary/aromatic N) is 1. The zero-order valence-electron chi connectivity index (χ0n) is 15.9. The number of ether oxygens (including phenoxy) is 2. The monoisotopic (exact) mass is 405 g/mol. The first kappa shape index (κ1) is 20.4. The number of benzene rings is 2. The van der Waals surface area contributed by atoms with Crippen molar-refractivity contribution in [3.63, 3.8) is 0 Å². The Morgan fingerprint density at radius 3 is 2.86 bits per heavy atom. The molecule has 0 saturated heterocycles. The third-order valence-corrected chi connectivity index (χ3v) is 4.76. The van der Waals surface area contributed by atoms with Crippen molar-refractivity contribution in [3.05, 3.63) is 63.9 Å². The molecule has 0 spiro atoms. The number of fused-ring (bicyclic) bond motifs is 1. The van der Waals surface area contributed by atoms with Crippen LogP contribution in [-0.4, -0.2) is 32.4 Å². The van der Waals surface area contributed by atoms with Crippen molar-refractivity contribution in [2.24, 2.45) is 4.99 Å². The molecule has 150 valence electrons. The lowest BCUT2D eigenvalue weighted by molar-refractivity contribution is -0.0172. The first-order chi connectivity index (χ1) is 13.7. The van der Waals surface area contributed by atoms with Crippen LogP contribution in [0.25, 0.3) is 0 Å². The van der Waals surface area contributed by atoms with Crippen LogP contribution in [0.2, 0.25) is 5.02 Å². The van der Waals surface area contributed by atoms with E-state index in [9.17, 15) is 4.39 Å². The van der Waals surface area contributed by atoms with E-state index in [4.69, 9.17) is 21.1 Å². The third-order valence-electron chi connectivity index (χ3n) is 4.39. The highest BCUT2D eigenvalue weighted by Crippen LogP contribution is 2.29. The zero-order valence-corrected chi connectivity index (χ0v) is 16.7. The molecule has 0 aromatic heterocycles. The minimum atomic E-state index is -0.275. The van der Waals surface area contributed by atoms with Crippen LogP contribution in [0.1, 0.15) is 23.6 Å². The summed E-state index contributed by atoms with van der Waals surface area (Å²) in [5, 5.41) is 7.28. The normalized spacial score (nSPS) is 13.6. The Balaban J connectivity index is 1.56. The number of guanidine groups is 1. The summed E-state index contributed by atoms with van der Waals surface area (Å²) in [6.45, 7) is 4.58. The zero-order chi connectivity index (χ0) is 19.8. The molecule has 2 aromatic carbocycles. The highest BCUT2D eigenvalue weighted by atomic mass is 35.5. The van der Waals surface area contributed by atoms with Crippen molar-refractivity contribution >= 4 is 17.6 Å². The molecule has 0 atom stereocenters. The summed E-state index contributed by atoms with van der Waals surface area (Å²) in [7, 11) is 0. The Morgan fingerprint density at radius 1 is 1.18 bits per heavy atom. The van der Waals surface area contributed by atoms with Gasteiger partial charge in [0.15, 0.2) is 12.8 Å². The molecule has 1 aliphatic heterocycles. The highest BCUT2D eigenvalue weighted by Gasteiger charge is 2.16. The molecule has 0 aliphatic carbocycles. The maximum Gasteiger partial charge on any atom is 0.191 e. The molecule has 0 unspecified atom stereocenters. The molecule has 0 saturated carbocycles. The molecule has 0 bridgehead atoms. The van der Waals surface area contributed by atoms with Gasteiger partial charge in [-0.3, -0.25) is 4.99 Å². The summed E-state index contributed by atoms with van der Waals surface area (Å²) in [6.07, 6.45) is 1.39. The van der Waals surface area contributed by atoms with E-state index in [1.165, 1.54) is 12.1 Å². The van der Waals surface area contributed by atoms with Crippen molar-refractivity contribution < 1.29 is 13.9 Å². The van der Waals surface area contributed by atoms with Crippen LogP contribution >= 0.6 is 11.6 Å². The van der Waals surface area contributed by atoms with Crippen LogP contribution in [0, 0.1) is 5.82 Å². The lowest BCUT2D eigenvalue weighted by Gasteiger charge is -2.21. The Hall–Kier alpha value is -2.31. The smallest absolute Gasteiger partial charge is 0.191 e. The standard InChI is InChI=1S/C21H25ClFN3O2/c1-2-24-21(25-9-7-15-5-3-4-6-19(15)22)26-10-8-16-11-18(23)12-17-13-27-14-28-20(16)17/h3-6,11-12H,2,7-10,13-14H2,1H3,(H2,24,25,26). The van der Waals surface area contributed by atoms with E-state index in [2.05, 4.69) is 15.6 Å². The van der Waals surface area contributed by atoms with Gasteiger partial charge in [-0.15, -0.1) is 0 Å². The van der Waals surface area contributed by atoms with Gasteiger partial charge in [0, 0.05) is 30.2 Å². The number of halogens is 2. The summed E-state index contributed by atoms with van der Waals surface area (Å²) >= 11 is 6.19. The maximum absolute atomic E-state index is 13.8. The number of aliphatic imine (C=N–C) groups is 1. The fraction of sp³-hybridized carbons (Fsp3) is 0.381. The molecule has 0 fully saturated rings. The SMILES string of the molecule is CCNC(=NCCc1ccccc1Cl)NCCc1cc(F)cc2c1OCOC2. The minimum absolute atomic E-state index is 0.200. The fourth-order valence-electron chi connectivity index (χ4n) is 3.09. The van der Waals surface area contributed by atoms with Crippen molar-refractivity contribution in [3.8, 4) is 5.75 Å². The van der Waals surface area contributed by atoms with Crippen LogP contribution in [0.5, 0.6) is 5.75 Å². The van der Waals surface area contributed by atoms with E-state index in [-0.39, 0.29) is 12.6 Å². The van der Waals surface area contributed by atoms with Gasteiger partial charge in [0.2, 0.25) is 0 Å². The molecule has 2 N–H and O–H groups in total. The first-order valence-electron chi connectivity index (χ1n) is 9.44. The van der Waals surface area contributed by atoms with Crippen molar-refractivity contribution in [2.75, 3.05) is 26.4 Å². The maximum atomic E-state index is 13.8. The fourth-order valence-corrected chi connectivity index (χ4v) is 3.32. The van der Waals surface area contributed by atoms with E-state index in [1.807, 2.05) is 31.2 Å². The van der Waals surface area contributed by atoms with Crippen LogP contribution < -0.4 is 15.4 Å². The molecular weight excluding hydrogens is 381 g/mol. The molecule has 7 heteroatoms. The van der Waals surface area contributed by atoms with Gasteiger partial charge in [0.25, 0.3) is 0 Å². The molecule has 5 nitrogen and oxygen atoms in total. The van der Waals surface area contributed by atoms with E-state index < -0.39 is 0 Å². The van der Waals surface area contributed by atoms with E-state index in [1.54, 1.807) is 0 Å². The van der Waals surface area contributed by atoms with Gasteiger partial charge in [-0.1, -0.05) is 29.8 Å². The molecule has 1 aliphatic rings. The van der Waals surface area contributed by atoms with Crippen LogP contribution in [0.3, 0.4) is 0 Å². The Labute approximate surface area is 169 Å². The van der Waals surface area contributed by atoms with Gasteiger partial charge in [0.1, 0.15) is 11.6 Å². The van der Waals surface area contributed by atoms with Gasteiger partial charge < -0.3 is 20.1 Å². The van der Waals surface area contributed by atoms with Gasteiger partial charge in [-0.05, 0) is 49.1 Å².